The largest absolute Gasteiger partial charge is 0.354 e. The Labute approximate surface area is 137 Å². The van der Waals surface area contributed by atoms with Crippen molar-refractivity contribution < 1.29 is 14.0 Å². The number of halogens is 1. The maximum absolute atomic E-state index is 13.6. The Bertz CT molecular complexity index is 586. The summed E-state index contributed by atoms with van der Waals surface area (Å²) in [7, 11) is 0. The van der Waals surface area contributed by atoms with Gasteiger partial charge >= 0.3 is 0 Å². The molecule has 23 heavy (non-hydrogen) atoms. The monoisotopic (exact) mass is 320 g/mol. The van der Waals surface area contributed by atoms with Crippen molar-refractivity contribution in [2.75, 3.05) is 13.1 Å². The number of hydrogen-bond donors (Lipinski definition) is 1. The molecule has 1 fully saturated rings. The highest BCUT2D eigenvalue weighted by atomic mass is 19.1. The third-order valence-electron chi connectivity index (χ3n) is 4.17. The minimum Gasteiger partial charge on any atom is -0.354 e. The van der Waals surface area contributed by atoms with E-state index in [2.05, 4.69) is 5.32 Å². The van der Waals surface area contributed by atoms with E-state index >= 15 is 0 Å². The molecule has 0 bridgehead atoms. The van der Waals surface area contributed by atoms with Gasteiger partial charge < -0.3 is 10.2 Å². The molecule has 1 N–H and O–H groups in total. The highest BCUT2D eigenvalue weighted by Gasteiger charge is 2.40. The van der Waals surface area contributed by atoms with E-state index in [0.29, 0.717) is 13.1 Å². The molecule has 0 spiro atoms. The third kappa shape index (κ3) is 4.09. The number of likely N-dealkylation sites (tertiary alicyclic amines) is 1. The highest BCUT2D eigenvalue weighted by molar-refractivity contribution is 5.84. The first-order chi connectivity index (χ1) is 10.8. The van der Waals surface area contributed by atoms with E-state index in [4.69, 9.17) is 0 Å². The Hall–Kier alpha value is -1.91. The quantitative estimate of drug-likeness (QED) is 0.927. The molecular formula is C18H25FN2O2. The van der Waals surface area contributed by atoms with E-state index in [0.717, 1.165) is 5.56 Å². The Morgan fingerprint density at radius 2 is 1.91 bits per heavy atom. The number of rotatable bonds is 4. The fourth-order valence-electron chi connectivity index (χ4n) is 3.08. The van der Waals surface area contributed by atoms with E-state index in [9.17, 15) is 14.0 Å². The van der Waals surface area contributed by atoms with Crippen molar-refractivity contribution >= 4 is 11.8 Å². The van der Waals surface area contributed by atoms with Crippen LogP contribution in [0, 0.1) is 17.7 Å². The molecule has 1 heterocycles. The minimum absolute atomic E-state index is 0.0329. The van der Waals surface area contributed by atoms with Crippen LogP contribution in [0.3, 0.4) is 0 Å². The fraction of sp³-hybridized carbons (Fsp3) is 0.556. The first-order valence-electron chi connectivity index (χ1n) is 8.14. The van der Waals surface area contributed by atoms with Gasteiger partial charge in [-0.25, -0.2) is 4.39 Å². The van der Waals surface area contributed by atoms with Gasteiger partial charge in [0.2, 0.25) is 11.8 Å². The second-order valence-electron chi connectivity index (χ2n) is 6.83. The number of amides is 2. The summed E-state index contributed by atoms with van der Waals surface area (Å²) in [6.07, 6.45) is 0. The molecule has 0 aliphatic carbocycles. The molecule has 2 amide bonds. The number of carbonyl (C=O) groups is 2. The van der Waals surface area contributed by atoms with Crippen LogP contribution >= 0.6 is 0 Å². The molecule has 1 aromatic carbocycles. The zero-order chi connectivity index (χ0) is 17.1. The van der Waals surface area contributed by atoms with Crippen molar-refractivity contribution in [3.05, 3.63) is 35.6 Å². The number of hydrogen-bond acceptors (Lipinski definition) is 2. The lowest BCUT2D eigenvalue weighted by molar-refractivity contribution is -0.133. The summed E-state index contributed by atoms with van der Waals surface area (Å²) >= 11 is 0. The summed E-state index contributed by atoms with van der Waals surface area (Å²) in [4.78, 5) is 26.5. The molecule has 1 aromatic rings. The fourth-order valence-corrected chi connectivity index (χ4v) is 3.08. The predicted molar refractivity (Wildman–Crippen MR) is 87.3 cm³/mol. The Balaban J connectivity index is 2.27. The second kappa shape index (κ2) is 7.11. The van der Waals surface area contributed by atoms with E-state index in [-0.39, 0.29) is 41.4 Å². The molecule has 5 heteroatoms. The second-order valence-corrected chi connectivity index (χ2v) is 6.83. The average molecular weight is 320 g/mol. The molecule has 0 unspecified atom stereocenters. The van der Waals surface area contributed by atoms with Crippen LogP contribution in [0.25, 0.3) is 0 Å². The van der Waals surface area contributed by atoms with Gasteiger partial charge in [0.1, 0.15) is 5.82 Å². The zero-order valence-corrected chi connectivity index (χ0v) is 14.2. The molecule has 2 rings (SSSR count). The normalized spacial score (nSPS) is 21.1. The lowest BCUT2D eigenvalue weighted by atomic mass is 9.88. The van der Waals surface area contributed by atoms with Gasteiger partial charge in [0, 0.05) is 31.0 Å². The molecule has 1 aliphatic heterocycles. The van der Waals surface area contributed by atoms with Crippen LogP contribution in [-0.4, -0.2) is 35.8 Å². The molecule has 0 aromatic heterocycles. The van der Waals surface area contributed by atoms with Gasteiger partial charge in [-0.2, -0.15) is 0 Å². The maximum atomic E-state index is 13.6. The van der Waals surface area contributed by atoms with Crippen molar-refractivity contribution in [1.82, 2.24) is 10.2 Å². The first kappa shape index (κ1) is 17.4. The molecule has 0 radical (unpaired) electrons. The molecule has 0 saturated carbocycles. The van der Waals surface area contributed by atoms with Crippen LogP contribution in [0.15, 0.2) is 24.3 Å². The molecule has 1 saturated heterocycles. The van der Waals surface area contributed by atoms with Crippen molar-refractivity contribution in [2.24, 2.45) is 11.8 Å². The van der Waals surface area contributed by atoms with Crippen molar-refractivity contribution in [3.63, 3.8) is 0 Å². The van der Waals surface area contributed by atoms with Crippen LogP contribution in [0.5, 0.6) is 0 Å². The van der Waals surface area contributed by atoms with Gasteiger partial charge in [-0.15, -0.1) is 0 Å². The lowest BCUT2D eigenvalue weighted by Gasteiger charge is -2.19. The van der Waals surface area contributed by atoms with Crippen LogP contribution in [0.2, 0.25) is 0 Å². The standard InChI is InChI=1S/C18H25FN2O2/c1-11(2)18(23)21-9-15(13-6-5-7-14(19)8-13)16(10-21)17(22)20-12(3)4/h5-8,11-12,15-16H,9-10H2,1-4H3,(H,20,22)/t15-,16-/m1/s1. The van der Waals surface area contributed by atoms with Crippen LogP contribution in [0.1, 0.15) is 39.2 Å². The summed E-state index contributed by atoms with van der Waals surface area (Å²) in [5.74, 6) is -0.997. The summed E-state index contributed by atoms with van der Waals surface area (Å²) in [5, 5.41) is 2.92. The number of benzene rings is 1. The molecule has 2 atom stereocenters. The molecule has 126 valence electrons. The maximum Gasteiger partial charge on any atom is 0.225 e. The number of nitrogens with zero attached hydrogens (tertiary/aromatic N) is 1. The average Bonchev–Trinajstić information content (AvgIpc) is 2.90. The summed E-state index contributed by atoms with van der Waals surface area (Å²) < 4.78 is 13.6. The van der Waals surface area contributed by atoms with Gasteiger partial charge in [0.25, 0.3) is 0 Å². The Kier molecular flexibility index (Phi) is 5.39. The zero-order valence-electron chi connectivity index (χ0n) is 14.2. The summed E-state index contributed by atoms with van der Waals surface area (Å²) in [5.41, 5.74) is 0.771. The van der Waals surface area contributed by atoms with Gasteiger partial charge in [0.05, 0.1) is 5.92 Å². The van der Waals surface area contributed by atoms with E-state index in [1.165, 1.54) is 12.1 Å². The Morgan fingerprint density at radius 1 is 1.22 bits per heavy atom. The van der Waals surface area contributed by atoms with E-state index in [1.54, 1.807) is 11.0 Å². The molecule has 4 nitrogen and oxygen atoms in total. The summed E-state index contributed by atoms with van der Waals surface area (Å²) in [6, 6.07) is 6.36. The first-order valence-corrected chi connectivity index (χ1v) is 8.14. The van der Waals surface area contributed by atoms with Crippen molar-refractivity contribution in [3.8, 4) is 0 Å². The van der Waals surface area contributed by atoms with Gasteiger partial charge in [-0.3, -0.25) is 9.59 Å². The highest BCUT2D eigenvalue weighted by Crippen LogP contribution is 2.34. The predicted octanol–water partition coefficient (Wildman–Crippen LogP) is 2.55. The van der Waals surface area contributed by atoms with Crippen molar-refractivity contribution in [2.45, 2.75) is 39.7 Å². The van der Waals surface area contributed by atoms with Gasteiger partial charge in [0.15, 0.2) is 0 Å². The smallest absolute Gasteiger partial charge is 0.225 e. The lowest BCUT2D eigenvalue weighted by Crippen LogP contribution is -2.39. The minimum atomic E-state index is -0.345. The van der Waals surface area contributed by atoms with Gasteiger partial charge in [-0.05, 0) is 31.5 Å². The van der Waals surface area contributed by atoms with Crippen LogP contribution in [0.4, 0.5) is 4.39 Å². The summed E-state index contributed by atoms with van der Waals surface area (Å²) in [6.45, 7) is 8.34. The SMILES string of the molecule is CC(C)NC(=O)[C@@H]1CN(C(=O)C(C)C)C[C@@H]1c1cccc(F)c1. The van der Waals surface area contributed by atoms with E-state index in [1.807, 2.05) is 33.8 Å². The van der Waals surface area contributed by atoms with Crippen molar-refractivity contribution in [1.29, 1.82) is 0 Å². The number of nitrogens with one attached hydrogen (secondary N) is 1. The molecular weight excluding hydrogens is 295 g/mol. The Morgan fingerprint density at radius 3 is 2.48 bits per heavy atom. The van der Waals surface area contributed by atoms with Crippen LogP contribution in [-0.2, 0) is 9.59 Å². The van der Waals surface area contributed by atoms with E-state index < -0.39 is 0 Å². The topological polar surface area (TPSA) is 49.4 Å². The third-order valence-corrected chi connectivity index (χ3v) is 4.17. The number of carbonyl (C=O) groups excluding carboxylic acids is 2. The van der Waals surface area contributed by atoms with Gasteiger partial charge in [-0.1, -0.05) is 26.0 Å². The van der Waals surface area contributed by atoms with Crippen LogP contribution < -0.4 is 5.32 Å². The molecule has 1 aliphatic rings.